The molecule has 0 amide bonds. The molecule has 1 aliphatic rings. The lowest BCUT2D eigenvalue weighted by Gasteiger charge is -2.37. The van der Waals surface area contributed by atoms with Crippen LogP contribution in [-0.4, -0.2) is 5.11 Å². The number of phenolic OH excluding ortho intramolecular Hbond substituents is 1. The molecule has 0 aliphatic heterocycles. The fourth-order valence-electron chi connectivity index (χ4n) is 3.32. The first-order valence-corrected chi connectivity index (χ1v) is 7.67. The van der Waals surface area contributed by atoms with Crippen molar-refractivity contribution in [2.45, 2.75) is 44.7 Å². The molecule has 0 bridgehead atoms. The van der Waals surface area contributed by atoms with Gasteiger partial charge in [-0.3, -0.25) is 0 Å². The molecule has 2 nitrogen and oxygen atoms in total. The maximum absolute atomic E-state index is 9.88. The van der Waals surface area contributed by atoms with Crippen molar-refractivity contribution in [1.29, 1.82) is 0 Å². The molecule has 0 saturated heterocycles. The van der Waals surface area contributed by atoms with Crippen LogP contribution in [0.1, 0.15) is 49.4 Å². The third-order valence-electron chi connectivity index (χ3n) is 4.65. The quantitative estimate of drug-likeness (QED) is 0.879. The zero-order valence-electron chi connectivity index (χ0n) is 12.8. The number of hydrogen-bond donors (Lipinski definition) is 2. The van der Waals surface area contributed by atoms with Crippen molar-refractivity contribution in [3.8, 4) is 5.75 Å². The van der Waals surface area contributed by atoms with Gasteiger partial charge in [0.1, 0.15) is 5.75 Å². The van der Waals surface area contributed by atoms with Crippen LogP contribution in [-0.2, 0) is 12.0 Å². The normalized spacial score (nSPS) is 20.0. The number of hydrogen-bond acceptors (Lipinski definition) is 2. The molecule has 1 aliphatic carbocycles. The van der Waals surface area contributed by atoms with Crippen molar-refractivity contribution in [3.63, 3.8) is 0 Å². The lowest BCUT2D eigenvalue weighted by atomic mass is 9.71. The van der Waals surface area contributed by atoms with Crippen LogP contribution in [0.15, 0.2) is 48.5 Å². The van der Waals surface area contributed by atoms with E-state index in [1.165, 1.54) is 17.5 Å². The number of fused-ring (bicyclic) bond motifs is 1. The fourth-order valence-corrected chi connectivity index (χ4v) is 3.32. The second-order valence-electron chi connectivity index (χ2n) is 6.57. The fraction of sp³-hybridized carbons (Fsp3) is 0.368. The average Bonchev–Trinajstić information content (AvgIpc) is 2.48. The van der Waals surface area contributed by atoms with E-state index in [1.54, 1.807) is 6.07 Å². The first kappa shape index (κ1) is 14.2. The van der Waals surface area contributed by atoms with Crippen molar-refractivity contribution < 1.29 is 5.11 Å². The van der Waals surface area contributed by atoms with Crippen LogP contribution in [0.4, 0.5) is 0 Å². The van der Waals surface area contributed by atoms with E-state index in [0.717, 1.165) is 12.0 Å². The molecule has 3 rings (SSSR count). The minimum Gasteiger partial charge on any atom is -0.508 e. The average molecular weight is 281 g/mol. The van der Waals surface area contributed by atoms with Gasteiger partial charge in [-0.1, -0.05) is 56.3 Å². The van der Waals surface area contributed by atoms with Crippen LogP contribution in [0.3, 0.4) is 0 Å². The zero-order valence-corrected chi connectivity index (χ0v) is 12.8. The van der Waals surface area contributed by atoms with Gasteiger partial charge in [0.15, 0.2) is 0 Å². The van der Waals surface area contributed by atoms with Gasteiger partial charge in [0.2, 0.25) is 0 Å². The van der Waals surface area contributed by atoms with E-state index in [1.807, 2.05) is 18.2 Å². The highest BCUT2D eigenvalue weighted by Crippen LogP contribution is 2.41. The molecule has 21 heavy (non-hydrogen) atoms. The van der Waals surface area contributed by atoms with Gasteiger partial charge in [0, 0.05) is 18.2 Å². The van der Waals surface area contributed by atoms with E-state index in [9.17, 15) is 5.11 Å². The van der Waals surface area contributed by atoms with E-state index >= 15 is 0 Å². The molecule has 0 fully saturated rings. The Labute approximate surface area is 126 Å². The van der Waals surface area contributed by atoms with Crippen molar-refractivity contribution in [3.05, 3.63) is 65.2 Å². The standard InChI is InChI=1S/C19H23NO/c1-19(2)12-11-17(15-8-4-5-9-16(15)19)20-13-14-7-3-6-10-18(14)21/h3-10,17,20-21H,11-13H2,1-2H3. The topological polar surface area (TPSA) is 32.3 Å². The summed E-state index contributed by atoms with van der Waals surface area (Å²) in [6, 6.07) is 16.7. The molecular formula is C19H23NO. The van der Waals surface area contributed by atoms with Crippen LogP contribution in [0.25, 0.3) is 0 Å². The number of aromatic hydroxyl groups is 1. The number of phenols is 1. The molecule has 0 heterocycles. The largest absolute Gasteiger partial charge is 0.508 e. The van der Waals surface area contributed by atoms with E-state index in [2.05, 4.69) is 43.4 Å². The first-order chi connectivity index (χ1) is 10.1. The Kier molecular flexibility index (Phi) is 3.73. The maximum atomic E-state index is 9.88. The minimum atomic E-state index is 0.254. The van der Waals surface area contributed by atoms with Crippen LogP contribution in [0.5, 0.6) is 5.75 Å². The van der Waals surface area contributed by atoms with Crippen LogP contribution < -0.4 is 5.32 Å². The van der Waals surface area contributed by atoms with E-state index < -0.39 is 0 Å². The summed E-state index contributed by atoms with van der Waals surface area (Å²) in [7, 11) is 0. The summed E-state index contributed by atoms with van der Waals surface area (Å²) in [5, 5.41) is 13.5. The summed E-state index contributed by atoms with van der Waals surface area (Å²) < 4.78 is 0. The third kappa shape index (κ3) is 2.81. The Balaban J connectivity index is 1.80. The second-order valence-corrected chi connectivity index (χ2v) is 6.57. The molecule has 1 unspecified atom stereocenters. The predicted molar refractivity (Wildman–Crippen MR) is 86.4 cm³/mol. The molecule has 0 spiro atoms. The highest BCUT2D eigenvalue weighted by molar-refractivity contribution is 5.38. The molecule has 1 atom stereocenters. The van der Waals surface area contributed by atoms with Crippen molar-refractivity contribution >= 4 is 0 Å². The monoisotopic (exact) mass is 281 g/mol. The summed E-state index contributed by atoms with van der Waals surface area (Å²) in [6.45, 7) is 5.35. The molecule has 2 aromatic carbocycles. The SMILES string of the molecule is CC1(C)CCC(NCc2ccccc2O)c2ccccc21. The van der Waals surface area contributed by atoms with Gasteiger partial charge >= 0.3 is 0 Å². The van der Waals surface area contributed by atoms with Crippen LogP contribution >= 0.6 is 0 Å². The Hall–Kier alpha value is -1.80. The zero-order chi connectivity index (χ0) is 14.9. The minimum absolute atomic E-state index is 0.254. The molecule has 2 N–H and O–H groups in total. The lowest BCUT2D eigenvalue weighted by molar-refractivity contribution is 0.355. The van der Waals surface area contributed by atoms with Gasteiger partial charge in [0.05, 0.1) is 0 Å². The summed E-state index contributed by atoms with van der Waals surface area (Å²) in [5.74, 6) is 0.370. The third-order valence-corrected chi connectivity index (χ3v) is 4.65. The second kappa shape index (κ2) is 5.53. The number of nitrogens with one attached hydrogen (secondary N) is 1. The summed E-state index contributed by atoms with van der Waals surface area (Å²) >= 11 is 0. The summed E-state index contributed by atoms with van der Waals surface area (Å²) in [4.78, 5) is 0. The van der Waals surface area contributed by atoms with Gasteiger partial charge in [-0.05, 0) is 35.4 Å². The Morgan fingerprint density at radius 2 is 1.81 bits per heavy atom. The molecule has 2 heteroatoms. The maximum Gasteiger partial charge on any atom is 0.120 e. The summed E-state index contributed by atoms with van der Waals surface area (Å²) in [5.41, 5.74) is 4.07. The number of para-hydroxylation sites is 1. The summed E-state index contributed by atoms with van der Waals surface area (Å²) in [6.07, 6.45) is 2.32. The van der Waals surface area contributed by atoms with E-state index in [0.29, 0.717) is 18.3 Å². The van der Waals surface area contributed by atoms with Gasteiger partial charge < -0.3 is 10.4 Å². The van der Waals surface area contributed by atoms with E-state index in [-0.39, 0.29) is 5.41 Å². The van der Waals surface area contributed by atoms with Gasteiger partial charge in [-0.2, -0.15) is 0 Å². The van der Waals surface area contributed by atoms with Crippen molar-refractivity contribution in [2.75, 3.05) is 0 Å². The molecule has 2 aromatic rings. The first-order valence-electron chi connectivity index (χ1n) is 7.67. The van der Waals surface area contributed by atoms with Crippen molar-refractivity contribution in [2.24, 2.45) is 0 Å². The van der Waals surface area contributed by atoms with Crippen molar-refractivity contribution in [1.82, 2.24) is 5.32 Å². The van der Waals surface area contributed by atoms with Crippen LogP contribution in [0.2, 0.25) is 0 Å². The number of benzene rings is 2. The predicted octanol–water partition coefficient (Wildman–Crippen LogP) is 4.29. The smallest absolute Gasteiger partial charge is 0.120 e. The Bertz CT molecular complexity index is 633. The molecule has 0 radical (unpaired) electrons. The Morgan fingerprint density at radius 1 is 1.10 bits per heavy atom. The van der Waals surface area contributed by atoms with E-state index in [4.69, 9.17) is 0 Å². The highest BCUT2D eigenvalue weighted by atomic mass is 16.3. The van der Waals surface area contributed by atoms with Gasteiger partial charge in [-0.15, -0.1) is 0 Å². The van der Waals surface area contributed by atoms with Gasteiger partial charge in [0.25, 0.3) is 0 Å². The van der Waals surface area contributed by atoms with Crippen LogP contribution in [0, 0.1) is 0 Å². The highest BCUT2D eigenvalue weighted by Gasteiger charge is 2.31. The number of rotatable bonds is 3. The molecule has 0 saturated carbocycles. The van der Waals surface area contributed by atoms with Gasteiger partial charge in [-0.25, -0.2) is 0 Å². The Morgan fingerprint density at radius 3 is 2.62 bits per heavy atom. The molecule has 110 valence electrons. The lowest BCUT2D eigenvalue weighted by Crippen LogP contribution is -2.32. The molecular weight excluding hydrogens is 258 g/mol. The molecule has 0 aromatic heterocycles.